The number of rotatable bonds is 5. The van der Waals surface area contributed by atoms with Crippen LogP contribution in [0.4, 0.5) is 0 Å². The second-order valence-corrected chi connectivity index (χ2v) is 8.77. The molecule has 10 heteroatoms. The Hall–Kier alpha value is -3.24. The second-order valence-electron chi connectivity index (χ2n) is 8.77. The quantitative estimate of drug-likeness (QED) is 0.624. The Morgan fingerprint density at radius 2 is 2.00 bits per heavy atom. The minimum Gasteiger partial charge on any atom is -0.491 e. The number of aliphatic hydroxyl groups is 1. The van der Waals surface area contributed by atoms with Crippen LogP contribution in [-0.2, 0) is 17.8 Å². The molecule has 5 rings (SSSR count). The van der Waals surface area contributed by atoms with E-state index >= 15 is 0 Å². The van der Waals surface area contributed by atoms with Gasteiger partial charge in [-0.05, 0) is 37.6 Å². The summed E-state index contributed by atoms with van der Waals surface area (Å²) in [6.07, 6.45) is 2.33. The monoisotopic (exact) mass is 451 g/mol. The number of aliphatic hydroxyl groups excluding tert-OH is 1. The van der Waals surface area contributed by atoms with Crippen molar-refractivity contribution >= 4 is 5.91 Å². The van der Waals surface area contributed by atoms with E-state index in [1.807, 2.05) is 15.4 Å². The van der Waals surface area contributed by atoms with Crippen LogP contribution in [0.2, 0.25) is 0 Å². The van der Waals surface area contributed by atoms with Crippen molar-refractivity contribution in [3.8, 4) is 23.0 Å². The molecule has 0 spiro atoms. The van der Waals surface area contributed by atoms with Gasteiger partial charge >= 0.3 is 0 Å². The maximum atomic E-state index is 11.7. The van der Waals surface area contributed by atoms with Crippen LogP contribution in [0.3, 0.4) is 0 Å². The zero-order valence-electron chi connectivity index (χ0n) is 19.0. The van der Waals surface area contributed by atoms with Crippen LogP contribution in [-0.4, -0.2) is 84.8 Å². The lowest BCUT2D eigenvalue weighted by molar-refractivity contribution is -0.135. The lowest BCUT2D eigenvalue weighted by Crippen LogP contribution is -2.49. The normalized spacial score (nSPS) is 16.3. The Bertz CT molecular complexity index is 1140. The highest BCUT2D eigenvalue weighted by molar-refractivity contribution is 5.77. The molecule has 2 aliphatic heterocycles. The van der Waals surface area contributed by atoms with Gasteiger partial charge < -0.3 is 14.7 Å². The van der Waals surface area contributed by atoms with Crippen molar-refractivity contribution < 1.29 is 14.6 Å². The van der Waals surface area contributed by atoms with Gasteiger partial charge in [0.25, 0.3) is 0 Å². The van der Waals surface area contributed by atoms with Gasteiger partial charge in [-0.25, -0.2) is 14.3 Å². The van der Waals surface area contributed by atoms with Gasteiger partial charge in [-0.3, -0.25) is 9.69 Å². The van der Waals surface area contributed by atoms with Gasteiger partial charge in [0.15, 0.2) is 5.82 Å². The average molecular weight is 452 g/mol. The van der Waals surface area contributed by atoms with E-state index < -0.39 is 6.61 Å². The highest BCUT2D eigenvalue weighted by Crippen LogP contribution is 2.31. The summed E-state index contributed by atoms with van der Waals surface area (Å²) in [6, 6.07) is 8.52. The summed E-state index contributed by atoms with van der Waals surface area (Å²) in [7, 11) is 0. The van der Waals surface area contributed by atoms with Gasteiger partial charge in [0, 0.05) is 50.9 Å². The van der Waals surface area contributed by atoms with Crippen LogP contribution >= 0.6 is 0 Å². The highest BCUT2D eigenvalue weighted by Gasteiger charge is 2.23. The predicted molar refractivity (Wildman–Crippen MR) is 121 cm³/mol. The van der Waals surface area contributed by atoms with Crippen LogP contribution in [0, 0.1) is 0 Å². The zero-order valence-corrected chi connectivity index (χ0v) is 19.0. The summed E-state index contributed by atoms with van der Waals surface area (Å²) in [5, 5.41) is 18.3. The van der Waals surface area contributed by atoms with E-state index in [1.165, 1.54) is 0 Å². The van der Waals surface area contributed by atoms with Crippen molar-refractivity contribution in [3.05, 3.63) is 41.9 Å². The first-order chi connectivity index (χ1) is 16.0. The molecule has 1 saturated heterocycles. The predicted octanol–water partition coefficient (Wildman–Crippen LogP) is 1.28. The van der Waals surface area contributed by atoms with E-state index in [0.29, 0.717) is 19.7 Å². The number of hydrogen-bond donors (Lipinski definition) is 1. The number of carbonyl (C=O) groups excluding carboxylic acids is 1. The number of benzene rings is 1. The molecule has 4 heterocycles. The molecule has 0 bridgehead atoms. The molecule has 3 aromatic rings. The number of nitrogens with zero attached hydrogens (tertiary/aromatic N) is 7. The minimum atomic E-state index is -0.424. The molecule has 0 atom stereocenters. The molecule has 0 unspecified atom stereocenters. The molecular formula is C23H29N7O3. The number of hydrogen-bond acceptors (Lipinski definition) is 7. The Balaban J connectivity index is 1.40. The lowest BCUT2D eigenvalue weighted by atomic mass is 10.1. The second kappa shape index (κ2) is 8.95. The summed E-state index contributed by atoms with van der Waals surface area (Å²) >= 11 is 0. The van der Waals surface area contributed by atoms with Crippen LogP contribution in [0.1, 0.15) is 31.1 Å². The lowest BCUT2D eigenvalue weighted by Gasteiger charge is -2.34. The number of aromatic nitrogens is 5. The van der Waals surface area contributed by atoms with Crippen molar-refractivity contribution in [1.29, 1.82) is 0 Å². The Labute approximate surface area is 192 Å². The van der Waals surface area contributed by atoms with Gasteiger partial charge in [0.2, 0.25) is 5.91 Å². The van der Waals surface area contributed by atoms with Gasteiger partial charge in [-0.1, -0.05) is 6.07 Å². The maximum Gasteiger partial charge on any atom is 0.248 e. The number of amides is 1. The minimum absolute atomic E-state index is 0.194. The SMILES string of the molecule is CC(C)n1ncnc1-c1cc2n(n1)-c1cc(CN3CCN(C(=O)CO)CC3)ccc1OCC2. The van der Waals surface area contributed by atoms with Crippen LogP contribution in [0.15, 0.2) is 30.6 Å². The van der Waals surface area contributed by atoms with Crippen LogP contribution < -0.4 is 4.74 Å². The fourth-order valence-electron chi connectivity index (χ4n) is 4.46. The first kappa shape index (κ1) is 21.6. The Morgan fingerprint density at radius 3 is 2.76 bits per heavy atom. The fraction of sp³-hybridized carbons (Fsp3) is 0.478. The molecule has 1 fully saturated rings. The average Bonchev–Trinajstić information content (AvgIpc) is 3.44. The number of carbonyl (C=O) groups is 1. The van der Waals surface area contributed by atoms with Gasteiger partial charge in [0.05, 0.1) is 6.61 Å². The standard InChI is InChI=1S/C23H29N7O3/c1-16(2)29-23(24-15-25-29)19-12-18-5-10-33-21-4-3-17(11-20(21)30(18)26-19)13-27-6-8-28(9-7-27)22(32)14-31/h3-4,11-12,15-16,31H,5-10,13-14H2,1-2H3. The third-order valence-electron chi connectivity index (χ3n) is 6.21. The molecule has 0 radical (unpaired) electrons. The molecule has 1 amide bonds. The summed E-state index contributed by atoms with van der Waals surface area (Å²) in [6.45, 7) is 7.93. The van der Waals surface area contributed by atoms with Crippen LogP contribution in [0.25, 0.3) is 17.2 Å². The van der Waals surface area contributed by atoms with Crippen molar-refractivity contribution in [3.63, 3.8) is 0 Å². The van der Waals surface area contributed by atoms with Gasteiger partial charge in [0.1, 0.15) is 30.1 Å². The summed E-state index contributed by atoms with van der Waals surface area (Å²) in [4.78, 5) is 20.2. The molecule has 10 nitrogen and oxygen atoms in total. The van der Waals surface area contributed by atoms with E-state index in [1.54, 1.807) is 11.2 Å². The number of fused-ring (bicyclic) bond motifs is 3. The van der Waals surface area contributed by atoms with Crippen molar-refractivity contribution in [2.75, 3.05) is 39.4 Å². The highest BCUT2D eigenvalue weighted by atomic mass is 16.5. The molecule has 1 aromatic carbocycles. The number of piperazine rings is 1. The summed E-state index contributed by atoms with van der Waals surface area (Å²) in [5.74, 6) is 1.38. The molecule has 33 heavy (non-hydrogen) atoms. The van der Waals surface area contributed by atoms with Crippen molar-refractivity contribution in [2.45, 2.75) is 32.9 Å². The van der Waals surface area contributed by atoms with E-state index in [2.05, 4.69) is 47.0 Å². The molecule has 0 saturated carbocycles. The first-order valence-electron chi connectivity index (χ1n) is 11.4. The Kier molecular flexibility index (Phi) is 5.86. The molecule has 174 valence electrons. The van der Waals surface area contributed by atoms with E-state index in [9.17, 15) is 4.79 Å². The summed E-state index contributed by atoms with van der Waals surface area (Å²) < 4.78 is 9.86. The molecule has 1 N–H and O–H groups in total. The smallest absolute Gasteiger partial charge is 0.248 e. The molecular weight excluding hydrogens is 422 g/mol. The number of ether oxygens (including phenoxy) is 1. The first-order valence-corrected chi connectivity index (χ1v) is 11.4. The zero-order chi connectivity index (χ0) is 22.9. The van der Waals surface area contributed by atoms with Gasteiger partial charge in [-0.2, -0.15) is 10.2 Å². The molecule has 0 aliphatic carbocycles. The maximum absolute atomic E-state index is 11.7. The van der Waals surface area contributed by atoms with Gasteiger partial charge in [-0.15, -0.1) is 0 Å². The van der Waals surface area contributed by atoms with E-state index in [4.69, 9.17) is 14.9 Å². The van der Waals surface area contributed by atoms with E-state index in [-0.39, 0.29) is 11.9 Å². The van der Waals surface area contributed by atoms with Crippen molar-refractivity contribution in [1.82, 2.24) is 34.3 Å². The summed E-state index contributed by atoms with van der Waals surface area (Å²) in [5.41, 5.74) is 3.97. The third kappa shape index (κ3) is 4.23. The molecule has 2 aromatic heterocycles. The largest absolute Gasteiger partial charge is 0.491 e. The third-order valence-corrected chi connectivity index (χ3v) is 6.21. The molecule has 2 aliphatic rings. The Morgan fingerprint density at radius 1 is 1.18 bits per heavy atom. The fourth-order valence-corrected chi connectivity index (χ4v) is 4.46. The topological polar surface area (TPSA) is 102 Å². The van der Waals surface area contributed by atoms with Crippen molar-refractivity contribution in [2.24, 2.45) is 0 Å². The van der Waals surface area contributed by atoms with E-state index in [0.717, 1.165) is 60.3 Å². The van der Waals surface area contributed by atoms with Crippen LogP contribution in [0.5, 0.6) is 5.75 Å².